The summed E-state index contributed by atoms with van der Waals surface area (Å²) in [6.45, 7) is 0.0533. The van der Waals surface area contributed by atoms with E-state index in [0.29, 0.717) is 11.5 Å². The van der Waals surface area contributed by atoms with Crippen molar-refractivity contribution in [2.75, 3.05) is 17.8 Å². The van der Waals surface area contributed by atoms with Crippen LogP contribution in [-0.2, 0) is 6.18 Å². The van der Waals surface area contributed by atoms with Gasteiger partial charge in [0.2, 0.25) is 12.6 Å². The summed E-state index contributed by atoms with van der Waals surface area (Å²) in [4.78, 5) is 13.0. The van der Waals surface area contributed by atoms with Crippen molar-refractivity contribution in [3.8, 4) is 17.6 Å². The minimum absolute atomic E-state index is 0.0125. The number of carbonyl (C=O) groups excluding carboxylic acids is 1. The van der Waals surface area contributed by atoms with Gasteiger partial charge in [-0.3, -0.25) is 4.79 Å². The number of ketones is 1. The molecule has 4 rings (SSSR count). The molecule has 1 aliphatic rings. The Morgan fingerprint density at radius 1 is 1.17 bits per heavy atom. The fourth-order valence-corrected chi connectivity index (χ4v) is 3.94. The summed E-state index contributed by atoms with van der Waals surface area (Å²) < 4.78 is 49.3. The van der Waals surface area contributed by atoms with Crippen molar-refractivity contribution in [2.24, 2.45) is 0 Å². The number of benzene rings is 2. The average molecular weight is 431 g/mol. The molecule has 0 aliphatic carbocycles. The van der Waals surface area contributed by atoms with Crippen LogP contribution in [0.15, 0.2) is 42.5 Å². The molecule has 2 aromatic carbocycles. The second-order valence-corrected chi connectivity index (χ2v) is 7.28. The largest absolute Gasteiger partial charge is 0.454 e. The molecule has 6 nitrogen and oxygen atoms in total. The molecule has 0 unspecified atom stereocenters. The van der Waals surface area contributed by atoms with Crippen molar-refractivity contribution < 1.29 is 27.4 Å². The third kappa shape index (κ3) is 3.51. The zero-order valence-corrected chi connectivity index (χ0v) is 15.9. The minimum Gasteiger partial charge on any atom is -0.454 e. The molecular formula is C20H12F3N3O3S. The maximum atomic E-state index is 12.9. The number of nitriles is 1. The van der Waals surface area contributed by atoms with Gasteiger partial charge in [0.15, 0.2) is 11.5 Å². The fraction of sp³-hybridized carbons (Fsp3) is 0.100. The average Bonchev–Trinajstić information content (AvgIpc) is 3.30. The van der Waals surface area contributed by atoms with E-state index < -0.39 is 17.5 Å². The summed E-state index contributed by atoms with van der Waals surface area (Å²) in [5.41, 5.74) is 5.51. The van der Waals surface area contributed by atoms with Gasteiger partial charge in [-0.1, -0.05) is 6.07 Å². The number of alkyl halides is 3. The zero-order chi connectivity index (χ0) is 21.5. The minimum atomic E-state index is -4.51. The molecule has 1 aromatic heterocycles. The highest BCUT2D eigenvalue weighted by atomic mass is 32.1. The number of hydrogen-bond donors (Lipinski definition) is 2. The fourth-order valence-electron chi connectivity index (χ4n) is 2.88. The van der Waals surface area contributed by atoms with Gasteiger partial charge < -0.3 is 20.5 Å². The van der Waals surface area contributed by atoms with Crippen molar-refractivity contribution in [3.05, 3.63) is 64.0 Å². The molecule has 152 valence electrons. The topological polar surface area (TPSA) is 97.4 Å². The Bertz CT molecular complexity index is 1200. The molecule has 0 saturated heterocycles. The van der Waals surface area contributed by atoms with Crippen molar-refractivity contribution >= 4 is 33.5 Å². The molecule has 1 aliphatic heterocycles. The number of nitrogens with zero attached hydrogens (tertiary/aromatic N) is 1. The van der Waals surface area contributed by atoms with Crippen molar-refractivity contribution in [1.82, 2.24) is 0 Å². The molecule has 10 heteroatoms. The Morgan fingerprint density at radius 2 is 1.93 bits per heavy atom. The molecule has 0 bridgehead atoms. The third-order valence-electron chi connectivity index (χ3n) is 4.35. The summed E-state index contributed by atoms with van der Waals surface area (Å²) in [6.07, 6.45) is -4.51. The number of nitrogen functional groups attached to an aromatic ring is 1. The number of thiophene rings is 1. The van der Waals surface area contributed by atoms with Crippen LogP contribution in [0.1, 0.15) is 26.4 Å². The van der Waals surface area contributed by atoms with Gasteiger partial charge >= 0.3 is 6.18 Å². The van der Waals surface area contributed by atoms with E-state index in [9.17, 15) is 23.2 Å². The van der Waals surface area contributed by atoms with Crippen LogP contribution in [0, 0.1) is 11.3 Å². The highest BCUT2D eigenvalue weighted by molar-refractivity contribution is 7.19. The van der Waals surface area contributed by atoms with Crippen molar-refractivity contribution in [3.63, 3.8) is 0 Å². The molecule has 2 heterocycles. The van der Waals surface area contributed by atoms with Gasteiger partial charge in [0.1, 0.15) is 21.5 Å². The first kappa shape index (κ1) is 19.6. The lowest BCUT2D eigenvalue weighted by molar-refractivity contribution is -0.137. The van der Waals surface area contributed by atoms with E-state index in [4.69, 9.17) is 15.2 Å². The Labute approximate surface area is 172 Å². The van der Waals surface area contributed by atoms with Crippen LogP contribution in [0.2, 0.25) is 0 Å². The zero-order valence-electron chi connectivity index (χ0n) is 15.0. The molecule has 0 saturated carbocycles. The highest BCUT2D eigenvalue weighted by Crippen LogP contribution is 2.40. The summed E-state index contributed by atoms with van der Waals surface area (Å²) in [5.74, 6) is 0.485. The lowest BCUT2D eigenvalue weighted by Gasteiger charge is -2.09. The van der Waals surface area contributed by atoms with E-state index >= 15 is 0 Å². The first-order chi connectivity index (χ1) is 14.3. The van der Waals surface area contributed by atoms with Gasteiger partial charge in [-0.15, -0.1) is 11.3 Å². The summed E-state index contributed by atoms with van der Waals surface area (Å²) in [7, 11) is 0. The van der Waals surface area contributed by atoms with E-state index in [1.165, 1.54) is 18.2 Å². The number of nitrogens with one attached hydrogen (secondary N) is 1. The summed E-state index contributed by atoms with van der Waals surface area (Å²) in [6, 6.07) is 11.1. The van der Waals surface area contributed by atoms with E-state index in [0.717, 1.165) is 23.5 Å². The molecule has 3 N–H and O–H groups in total. The van der Waals surface area contributed by atoms with E-state index in [1.807, 2.05) is 6.07 Å². The van der Waals surface area contributed by atoms with E-state index in [2.05, 4.69) is 5.32 Å². The van der Waals surface area contributed by atoms with Crippen LogP contribution in [0.3, 0.4) is 0 Å². The summed E-state index contributed by atoms with van der Waals surface area (Å²) >= 11 is 0.894. The molecule has 30 heavy (non-hydrogen) atoms. The number of carbonyl (C=O) groups is 1. The Kier molecular flexibility index (Phi) is 4.75. The van der Waals surface area contributed by atoms with Gasteiger partial charge in [-0.05, 0) is 36.4 Å². The molecule has 0 fully saturated rings. The maximum absolute atomic E-state index is 12.9. The van der Waals surface area contributed by atoms with Crippen LogP contribution >= 0.6 is 11.3 Å². The predicted octanol–water partition coefficient (Wildman–Crippen LogP) is 4.92. The predicted molar refractivity (Wildman–Crippen MR) is 104 cm³/mol. The van der Waals surface area contributed by atoms with Gasteiger partial charge in [0.05, 0.1) is 11.3 Å². The van der Waals surface area contributed by atoms with Gasteiger partial charge in [0.25, 0.3) is 0 Å². The van der Waals surface area contributed by atoms with Crippen molar-refractivity contribution in [2.45, 2.75) is 6.18 Å². The number of rotatable bonds is 4. The first-order valence-electron chi connectivity index (χ1n) is 8.49. The number of anilines is 3. The quantitative estimate of drug-likeness (QED) is 0.569. The van der Waals surface area contributed by atoms with Crippen molar-refractivity contribution in [1.29, 1.82) is 5.26 Å². The van der Waals surface area contributed by atoms with Crippen LogP contribution < -0.4 is 20.5 Å². The Morgan fingerprint density at radius 3 is 2.67 bits per heavy atom. The molecule has 0 radical (unpaired) electrons. The molecule has 0 atom stereocenters. The highest BCUT2D eigenvalue weighted by Gasteiger charge is 2.30. The van der Waals surface area contributed by atoms with Gasteiger partial charge in [-0.2, -0.15) is 18.4 Å². The number of hydrogen-bond acceptors (Lipinski definition) is 7. The Balaban J connectivity index is 1.68. The second-order valence-electron chi connectivity index (χ2n) is 6.26. The van der Waals surface area contributed by atoms with Gasteiger partial charge in [-0.25, -0.2) is 0 Å². The number of ether oxygens (including phenoxy) is 2. The van der Waals surface area contributed by atoms with Gasteiger partial charge in [0, 0.05) is 11.3 Å². The number of halogens is 3. The number of fused-ring (bicyclic) bond motifs is 1. The SMILES string of the molecule is N#Cc1c(Nc2cccc(C(F)(F)F)c2)sc(C(=O)c2ccc3c(c2)OCO3)c1N. The van der Waals surface area contributed by atoms with Crippen LogP contribution in [0.4, 0.5) is 29.5 Å². The standard InChI is InChI=1S/C20H12F3N3O3S/c21-20(22,23)11-2-1-3-12(7-11)26-19-13(8-24)16(25)18(30-19)17(27)10-4-5-14-15(6-10)29-9-28-14/h1-7,26H,9,25H2. The molecule has 0 spiro atoms. The molecule has 0 amide bonds. The smallest absolute Gasteiger partial charge is 0.416 e. The van der Waals surface area contributed by atoms with E-state index in [1.54, 1.807) is 12.1 Å². The third-order valence-corrected chi connectivity index (χ3v) is 5.47. The second kappa shape index (κ2) is 7.27. The normalized spacial score (nSPS) is 12.5. The Hall–Kier alpha value is -3.71. The molecular weight excluding hydrogens is 419 g/mol. The van der Waals surface area contributed by atoms with Crippen LogP contribution in [0.5, 0.6) is 11.5 Å². The number of nitrogens with two attached hydrogens (primary N) is 1. The summed E-state index contributed by atoms with van der Waals surface area (Å²) in [5, 5.41) is 12.4. The maximum Gasteiger partial charge on any atom is 0.416 e. The lowest BCUT2D eigenvalue weighted by atomic mass is 10.1. The van der Waals surface area contributed by atoms with E-state index in [-0.39, 0.29) is 39.2 Å². The first-order valence-corrected chi connectivity index (χ1v) is 9.30. The lowest BCUT2D eigenvalue weighted by Crippen LogP contribution is -2.05. The van der Waals surface area contributed by atoms with Crippen LogP contribution in [-0.4, -0.2) is 12.6 Å². The molecule has 3 aromatic rings. The monoisotopic (exact) mass is 431 g/mol. The van der Waals surface area contributed by atoms with Crippen LogP contribution in [0.25, 0.3) is 0 Å².